The Morgan fingerprint density at radius 3 is 2.13 bits per heavy atom. The third kappa shape index (κ3) is 2.12. The quantitative estimate of drug-likeness (QED) is 0.785. The second kappa shape index (κ2) is 4.35. The fourth-order valence-corrected chi connectivity index (χ4v) is 2.13. The van der Waals surface area contributed by atoms with E-state index in [1.807, 2.05) is 42.5 Å². The lowest BCUT2D eigenvalue weighted by Crippen LogP contribution is -2.00. The summed E-state index contributed by atoms with van der Waals surface area (Å²) in [4.78, 5) is 9.18. The molecule has 1 unspecified atom stereocenters. The molecule has 2 rings (SSSR count). The Morgan fingerprint density at radius 1 is 0.867 bits per heavy atom. The van der Waals surface area contributed by atoms with E-state index in [4.69, 9.17) is 0 Å². The van der Waals surface area contributed by atoms with Crippen molar-refractivity contribution in [3.63, 3.8) is 0 Å². The molecule has 0 aliphatic heterocycles. The molecule has 0 amide bonds. The van der Waals surface area contributed by atoms with Crippen molar-refractivity contribution < 1.29 is 9.46 Å². The van der Waals surface area contributed by atoms with Crippen molar-refractivity contribution in [1.82, 2.24) is 0 Å². The molecular weight excluding hydrogens is 207 g/mol. The predicted octanol–water partition coefficient (Wildman–Crippen LogP) is 2.71. The maximum atomic E-state index is 11.1. The summed E-state index contributed by atoms with van der Waals surface area (Å²) in [6.07, 6.45) is 0. The van der Waals surface area contributed by atoms with Crippen LogP contribution >= 0.6 is 8.03 Å². The average Bonchev–Trinajstić information content (AvgIpc) is 2.30. The van der Waals surface area contributed by atoms with Crippen LogP contribution < -0.4 is 5.30 Å². The van der Waals surface area contributed by atoms with Crippen LogP contribution in [0, 0.1) is 0 Å². The minimum absolute atomic E-state index is 0.485. The topological polar surface area (TPSA) is 37.3 Å². The van der Waals surface area contributed by atoms with E-state index in [2.05, 4.69) is 0 Å². The maximum absolute atomic E-state index is 11.1. The van der Waals surface area contributed by atoms with Crippen LogP contribution in [0.2, 0.25) is 0 Å². The second-order valence-electron chi connectivity index (χ2n) is 3.16. The molecule has 0 saturated carbocycles. The SMILES string of the molecule is O=[P+](O)c1ccccc1-c1ccccc1. The van der Waals surface area contributed by atoms with Gasteiger partial charge in [0, 0.05) is 5.56 Å². The van der Waals surface area contributed by atoms with E-state index in [9.17, 15) is 9.46 Å². The number of hydrogen-bond acceptors (Lipinski definition) is 1. The molecule has 0 fully saturated rings. The normalized spacial score (nSPS) is 11.1. The Bertz CT molecular complexity index is 480. The van der Waals surface area contributed by atoms with Gasteiger partial charge in [-0.2, -0.15) is 4.89 Å². The smallest absolute Gasteiger partial charge is 0.156 e. The number of benzene rings is 2. The van der Waals surface area contributed by atoms with E-state index in [0.29, 0.717) is 5.30 Å². The molecule has 15 heavy (non-hydrogen) atoms. The van der Waals surface area contributed by atoms with Crippen molar-refractivity contribution in [2.24, 2.45) is 0 Å². The van der Waals surface area contributed by atoms with Gasteiger partial charge in [-0.1, -0.05) is 42.5 Å². The van der Waals surface area contributed by atoms with E-state index in [1.54, 1.807) is 12.1 Å². The third-order valence-electron chi connectivity index (χ3n) is 2.19. The lowest BCUT2D eigenvalue weighted by molar-refractivity contribution is 0.513. The summed E-state index contributed by atoms with van der Waals surface area (Å²) in [6, 6.07) is 16.8. The number of rotatable bonds is 2. The molecule has 0 radical (unpaired) electrons. The van der Waals surface area contributed by atoms with Gasteiger partial charge in [0.2, 0.25) is 5.30 Å². The zero-order valence-corrected chi connectivity index (χ0v) is 8.89. The van der Waals surface area contributed by atoms with Crippen LogP contribution in [0.4, 0.5) is 0 Å². The summed E-state index contributed by atoms with van der Waals surface area (Å²) >= 11 is 0. The predicted molar refractivity (Wildman–Crippen MR) is 61.3 cm³/mol. The van der Waals surface area contributed by atoms with Crippen molar-refractivity contribution in [3.05, 3.63) is 54.6 Å². The molecule has 0 saturated heterocycles. The second-order valence-corrected chi connectivity index (χ2v) is 4.18. The van der Waals surface area contributed by atoms with E-state index in [-0.39, 0.29) is 0 Å². The molecule has 0 aliphatic carbocycles. The van der Waals surface area contributed by atoms with Crippen LogP contribution in [-0.4, -0.2) is 4.89 Å². The van der Waals surface area contributed by atoms with Gasteiger partial charge in [-0.15, -0.1) is 0 Å². The van der Waals surface area contributed by atoms with Gasteiger partial charge >= 0.3 is 8.03 Å². The van der Waals surface area contributed by atoms with Crippen LogP contribution in [0.15, 0.2) is 54.6 Å². The van der Waals surface area contributed by atoms with Crippen LogP contribution in [0.25, 0.3) is 11.1 Å². The van der Waals surface area contributed by atoms with Gasteiger partial charge < -0.3 is 0 Å². The minimum Gasteiger partial charge on any atom is -0.156 e. The van der Waals surface area contributed by atoms with E-state index >= 15 is 0 Å². The summed E-state index contributed by atoms with van der Waals surface area (Å²) in [6.45, 7) is 0. The maximum Gasteiger partial charge on any atom is 0.546 e. The average molecular weight is 217 g/mol. The van der Waals surface area contributed by atoms with E-state index < -0.39 is 8.03 Å². The molecule has 0 aliphatic rings. The summed E-state index contributed by atoms with van der Waals surface area (Å²) in [7, 11) is -2.29. The molecule has 0 heterocycles. The van der Waals surface area contributed by atoms with Crippen molar-refractivity contribution in [2.45, 2.75) is 0 Å². The molecule has 1 atom stereocenters. The monoisotopic (exact) mass is 217 g/mol. The van der Waals surface area contributed by atoms with Crippen molar-refractivity contribution in [2.75, 3.05) is 0 Å². The van der Waals surface area contributed by atoms with Gasteiger partial charge in [0.15, 0.2) is 0 Å². The lowest BCUT2D eigenvalue weighted by atomic mass is 10.1. The van der Waals surface area contributed by atoms with Gasteiger partial charge in [0.05, 0.1) is 0 Å². The van der Waals surface area contributed by atoms with Crippen molar-refractivity contribution >= 4 is 13.3 Å². The van der Waals surface area contributed by atoms with Crippen LogP contribution in [0.3, 0.4) is 0 Å². The molecule has 74 valence electrons. The summed E-state index contributed by atoms with van der Waals surface area (Å²) < 4.78 is 11.1. The molecule has 0 aromatic heterocycles. The van der Waals surface area contributed by atoms with Crippen molar-refractivity contribution in [3.8, 4) is 11.1 Å². The first-order valence-electron chi connectivity index (χ1n) is 4.59. The molecule has 2 aromatic rings. The van der Waals surface area contributed by atoms with Gasteiger partial charge in [0.25, 0.3) is 0 Å². The Balaban J connectivity index is 2.58. The molecule has 3 heteroatoms. The Hall–Kier alpha value is -1.50. The first kappa shape index (κ1) is 10.0. The molecular formula is C12H10O2P+. The zero-order chi connectivity index (χ0) is 10.7. The largest absolute Gasteiger partial charge is 0.546 e. The molecule has 0 bridgehead atoms. The number of hydrogen-bond donors (Lipinski definition) is 1. The Labute approximate surface area is 89.1 Å². The highest BCUT2D eigenvalue weighted by atomic mass is 31.1. The highest BCUT2D eigenvalue weighted by Crippen LogP contribution is 2.24. The van der Waals surface area contributed by atoms with Crippen molar-refractivity contribution in [1.29, 1.82) is 0 Å². The Morgan fingerprint density at radius 2 is 1.47 bits per heavy atom. The van der Waals surface area contributed by atoms with Crippen LogP contribution in [-0.2, 0) is 4.57 Å². The fourth-order valence-electron chi connectivity index (χ4n) is 1.50. The van der Waals surface area contributed by atoms with Crippen LogP contribution in [0.5, 0.6) is 0 Å². The molecule has 0 spiro atoms. The zero-order valence-electron chi connectivity index (χ0n) is 8.00. The first-order chi connectivity index (χ1) is 7.29. The molecule has 2 aromatic carbocycles. The van der Waals surface area contributed by atoms with Crippen LogP contribution in [0.1, 0.15) is 0 Å². The van der Waals surface area contributed by atoms with Gasteiger partial charge in [0.1, 0.15) is 0 Å². The summed E-state index contributed by atoms with van der Waals surface area (Å²) in [5.74, 6) is 0. The standard InChI is InChI=1S/C12H9O2P/c13-15(14)12-9-5-4-8-11(12)10-6-2-1-3-7-10/h1-9H/p+1. The highest BCUT2D eigenvalue weighted by Gasteiger charge is 2.21. The fraction of sp³-hybridized carbons (Fsp3) is 0. The van der Waals surface area contributed by atoms with Gasteiger partial charge in [-0.05, 0) is 22.3 Å². The van der Waals surface area contributed by atoms with E-state index in [1.165, 1.54) is 0 Å². The highest BCUT2D eigenvalue weighted by molar-refractivity contribution is 7.47. The first-order valence-corrected chi connectivity index (χ1v) is 5.81. The van der Waals surface area contributed by atoms with Gasteiger partial charge in [-0.25, -0.2) is 0 Å². The molecule has 2 nitrogen and oxygen atoms in total. The Kier molecular flexibility index (Phi) is 2.91. The van der Waals surface area contributed by atoms with Gasteiger partial charge in [-0.3, -0.25) is 0 Å². The minimum atomic E-state index is -2.29. The lowest BCUT2D eigenvalue weighted by Gasteiger charge is -1.99. The molecule has 1 N–H and O–H groups in total. The van der Waals surface area contributed by atoms with E-state index in [0.717, 1.165) is 11.1 Å². The summed E-state index contributed by atoms with van der Waals surface area (Å²) in [5, 5.41) is 0.485. The summed E-state index contributed by atoms with van der Waals surface area (Å²) in [5.41, 5.74) is 1.78. The third-order valence-corrected chi connectivity index (χ3v) is 3.00.